The van der Waals surface area contributed by atoms with E-state index in [2.05, 4.69) is 0 Å². The fourth-order valence-corrected chi connectivity index (χ4v) is 1.77. The Hall–Kier alpha value is -2.00. The minimum absolute atomic E-state index is 0.398. The Morgan fingerprint density at radius 1 is 1.11 bits per heavy atom. The molecule has 0 heterocycles. The molecule has 0 aliphatic carbocycles. The minimum Gasteiger partial charge on any atom is -0.490 e. The monoisotopic (exact) mass is 276 g/mol. The van der Waals surface area contributed by atoms with Crippen LogP contribution in [0.25, 0.3) is 0 Å². The Morgan fingerprint density at radius 2 is 1.84 bits per heavy atom. The molecule has 4 heteroatoms. The van der Waals surface area contributed by atoms with Crippen molar-refractivity contribution in [2.24, 2.45) is 0 Å². The average molecular weight is 277 g/mol. The highest BCUT2D eigenvalue weighted by molar-refractivity contribution is 6.30. The molecule has 0 atom stereocenters. The molecular formula is C15H13ClO3. The van der Waals surface area contributed by atoms with Gasteiger partial charge in [-0.1, -0.05) is 29.8 Å². The molecule has 0 saturated heterocycles. The quantitative estimate of drug-likeness (QED) is 0.626. The summed E-state index contributed by atoms with van der Waals surface area (Å²) >= 11 is 5.84. The van der Waals surface area contributed by atoms with Gasteiger partial charge in [0.2, 0.25) is 0 Å². The molecule has 2 rings (SSSR count). The molecule has 0 fully saturated rings. The summed E-state index contributed by atoms with van der Waals surface area (Å²) in [6.07, 6.45) is 0. The van der Waals surface area contributed by atoms with Gasteiger partial charge in [0.15, 0.2) is 11.5 Å². The van der Waals surface area contributed by atoms with E-state index >= 15 is 0 Å². The largest absolute Gasteiger partial charge is 0.490 e. The first kappa shape index (κ1) is 13.4. The topological polar surface area (TPSA) is 35.5 Å². The summed E-state index contributed by atoms with van der Waals surface area (Å²) in [7, 11) is 0. The zero-order chi connectivity index (χ0) is 13.7. The number of para-hydroxylation sites is 2. The maximum Gasteiger partial charge on any atom is 0.343 e. The number of carbonyl (C=O) groups excluding carboxylic acids is 1. The van der Waals surface area contributed by atoms with Crippen molar-refractivity contribution >= 4 is 17.6 Å². The summed E-state index contributed by atoms with van der Waals surface area (Å²) in [6.45, 7) is 2.38. The number of carbonyl (C=O) groups is 1. The van der Waals surface area contributed by atoms with Crippen LogP contribution in [-0.2, 0) is 0 Å². The van der Waals surface area contributed by atoms with Gasteiger partial charge in [-0.05, 0) is 37.3 Å². The standard InChI is InChI=1S/C15H13ClO3/c1-2-18-13-8-3-4-9-14(13)19-15(17)11-6-5-7-12(16)10-11/h3-10H,2H2,1H3. The number of halogens is 1. The average Bonchev–Trinajstić information content (AvgIpc) is 2.41. The second-order valence-corrected chi connectivity index (χ2v) is 4.22. The SMILES string of the molecule is CCOc1ccccc1OC(=O)c1cccc(Cl)c1. The van der Waals surface area contributed by atoms with Crippen LogP contribution in [0.15, 0.2) is 48.5 Å². The number of hydrogen-bond donors (Lipinski definition) is 0. The molecule has 19 heavy (non-hydrogen) atoms. The number of rotatable bonds is 4. The van der Waals surface area contributed by atoms with Gasteiger partial charge in [0.25, 0.3) is 0 Å². The second kappa shape index (κ2) is 6.25. The van der Waals surface area contributed by atoms with Crippen molar-refractivity contribution in [2.45, 2.75) is 6.92 Å². The van der Waals surface area contributed by atoms with Crippen LogP contribution in [0.3, 0.4) is 0 Å². The van der Waals surface area contributed by atoms with Gasteiger partial charge in [-0.25, -0.2) is 4.79 Å². The number of hydrogen-bond acceptors (Lipinski definition) is 3. The van der Waals surface area contributed by atoms with Crippen LogP contribution in [0.5, 0.6) is 11.5 Å². The Morgan fingerprint density at radius 3 is 2.53 bits per heavy atom. The van der Waals surface area contributed by atoms with Crippen molar-refractivity contribution in [3.05, 3.63) is 59.1 Å². The molecule has 2 aromatic carbocycles. The van der Waals surface area contributed by atoms with E-state index in [9.17, 15) is 4.79 Å². The Kier molecular flexibility index (Phi) is 4.42. The Labute approximate surface area is 116 Å². The van der Waals surface area contributed by atoms with Crippen molar-refractivity contribution in [3.63, 3.8) is 0 Å². The normalized spacial score (nSPS) is 10.0. The molecule has 0 radical (unpaired) electrons. The summed E-state index contributed by atoms with van der Waals surface area (Å²) in [5.41, 5.74) is 0.402. The molecule has 3 nitrogen and oxygen atoms in total. The molecule has 0 aliphatic rings. The van der Waals surface area contributed by atoms with Crippen molar-refractivity contribution in [2.75, 3.05) is 6.61 Å². The maximum absolute atomic E-state index is 12.0. The van der Waals surface area contributed by atoms with Crippen LogP contribution in [0.2, 0.25) is 5.02 Å². The lowest BCUT2D eigenvalue weighted by Gasteiger charge is -2.10. The smallest absolute Gasteiger partial charge is 0.343 e. The van der Waals surface area contributed by atoms with E-state index in [1.54, 1.807) is 42.5 Å². The molecule has 0 unspecified atom stereocenters. The van der Waals surface area contributed by atoms with E-state index in [0.717, 1.165) is 0 Å². The lowest BCUT2D eigenvalue weighted by Crippen LogP contribution is -2.09. The van der Waals surface area contributed by atoms with Crippen molar-refractivity contribution in [3.8, 4) is 11.5 Å². The van der Waals surface area contributed by atoms with E-state index in [4.69, 9.17) is 21.1 Å². The zero-order valence-corrected chi connectivity index (χ0v) is 11.2. The van der Waals surface area contributed by atoms with Crippen LogP contribution in [0.4, 0.5) is 0 Å². The summed E-state index contributed by atoms with van der Waals surface area (Å²) in [5.74, 6) is 0.476. The van der Waals surface area contributed by atoms with Crippen LogP contribution in [0, 0.1) is 0 Å². The van der Waals surface area contributed by atoms with E-state index in [0.29, 0.717) is 28.7 Å². The van der Waals surface area contributed by atoms with Crippen LogP contribution in [-0.4, -0.2) is 12.6 Å². The molecule has 0 saturated carbocycles. The van der Waals surface area contributed by atoms with Crippen molar-refractivity contribution in [1.29, 1.82) is 0 Å². The van der Waals surface area contributed by atoms with E-state index in [1.807, 2.05) is 13.0 Å². The molecule has 0 N–H and O–H groups in total. The first-order chi connectivity index (χ1) is 9.20. The fraction of sp³-hybridized carbons (Fsp3) is 0.133. The highest BCUT2D eigenvalue weighted by Gasteiger charge is 2.12. The van der Waals surface area contributed by atoms with Gasteiger partial charge in [0.1, 0.15) is 0 Å². The molecule has 98 valence electrons. The van der Waals surface area contributed by atoms with Crippen molar-refractivity contribution < 1.29 is 14.3 Å². The number of ether oxygens (including phenoxy) is 2. The van der Waals surface area contributed by atoms with Gasteiger partial charge >= 0.3 is 5.97 Å². The Bertz CT molecular complexity index is 581. The van der Waals surface area contributed by atoms with Gasteiger partial charge in [-0.3, -0.25) is 0 Å². The van der Waals surface area contributed by atoms with E-state index in [-0.39, 0.29) is 0 Å². The summed E-state index contributed by atoms with van der Waals surface area (Å²) in [5, 5.41) is 0.493. The van der Waals surface area contributed by atoms with Gasteiger partial charge in [-0.2, -0.15) is 0 Å². The van der Waals surface area contributed by atoms with Gasteiger partial charge in [0.05, 0.1) is 12.2 Å². The first-order valence-electron chi connectivity index (χ1n) is 5.90. The van der Waals surface area contributed by atoms with Gasteiger partial charge in [-0.15, -0.1) is 0 Å². The Balaban J connectivity index is 2.19. The third kappa shape index (κ3) is 3.48. The van der Waals surface area contributed by atoms with Crippen LogP contribution in [0.1, 0.15) is 17.3 Å². The van der Waals surface area contributed by atoms with E-state index < -0.39 is 5.97 Å². The van der Waals surface area contributed by atoms with Crippen LogP contribution < -0.4 is 9.47 Å². The molecule has 0 spiro atoms. The lowest BCUT2D eigenvalue weighted by molar-refractivity contribution is 0.0728. The molecular weight excluding hydrogens is 264 g/mol. The molecule has 0 aliphatic heterocycles. The van der Waals surface area contributed by atoms with Crippen LogP contribution >= 0.6 is 11.6 Å². The fourth-order valence-electron chi connectivity index (χ4n) is 1.58. The maximum atomic E-state index is 12.0. The third-order valence-corrected chi connectivity index (χ3v) is 2.65. The van der Waals surface area contributed by atoms with Gasteiger partial charge in [0, 0.05) is 5.02 Å². The number of benzene rings is 2. The summed E-state index contributed by atoms with van der Waals surface area (Å²) in [6, 6.07) is 13.7. The molecule has 0 bridgehead atoms. The predicted octanol–water partition coefficient (Wildman–Crippen LogP) is 3.96. The third-order valence-electron chi connectivity index (χ3n) is 2.41. The van der Waals surface area contributed by atoms with E-state index in [1.165, 1.54) is 0 Å². The second-order valence-electron chi connectivity index (χ2n) is 3.78. The zero-order valence-electron chi connectivity index (χ0n) is 10.4. The molecule has 0 amide bonds. The minimum atomic E-state index is -0.463. The molecule has 2 aromatic rings. The molecule has 0 aromatic heterocycles. The van der Waals surface area contributed by atoms with Gasteiger partial charge < -0.3 is 9.47 Å². The highest BCUT2D eigenvalue weighted by Crippen LogP contribution is 2.27. The summed E-state index contributed by atoms with van der Waals surface area (Å²) < 4.78 is 10.7. The predicted molar refractivity (Wildman–Crippen MR) is 74.0 cm³/mol. The first-order valence-corrected chi connectivity index (χ1v) is 6.28. The van der Waals surface area contributed by atoms with Crippen molar-refractivity contribution in [1.82, 2.24) is 0 Å². The highest BCUT2D eigenvalue weighted by atomic mass is 35.5. The lowest BCUT2D eigenvalue weighted by atomic mass is 10.2. The number of esters is 1. The summed E-state index contributed by atoms with van der Waals surface area (Å²) in [4.78, 5) is 12.0.